The third-order valence-electron chi connectivity index (χ3n) is 3.53. The van der Waals surface area contributed by atoms with E-state index in [9.17, 15) is 9.59 Å². The Morgan fingerprint density at radius 1 is 1.53 bits per heavy atom. The molecule has 0 aliphatic heterocycles. The van der Waals surface area contributed by atoms with Gasteiger partial charge < -0.3 is 4.74 Å². The van der Waals surface area contributed by atoms with Gasteiger partial charge in [0.25, 0.3) is 0 Å². The Balaban J connectivity index is 1.91. The molecule has 0 spiro atoms. The highest BCUT2D eigenvalue weighted by molar-refractivity contribution is 5.91. The van der Waals surface area contributed by atoms with Crippen molar-refractivity contribution in [1.82, 2.24) is 0 Å². The number of allylic oxidation sites excluding steroid dienone is 2. The molecule has 0 amide bonds. The van der Waals surface area contributed by atoms with Crippen molar-refractivity contribution in [3.63, 3.8) is 0 Å². The van der Waals surface area contributed by atoms with Crippen LogP contribution in [0.3, 0.4) is 0 Å². The Morgan fingerprint density at radius 3 is 2.88 bits per heavy atom. The summed E-state index contributed by atoms with van der Waals surface area (Å²) in [7, 11) is 0. The number of rotatable bonds is 3. The monoisotopic (exact) mass is 234 g/mol. The van der Waals surface area contributed by atoms with Gasteiger partial charge in [-0.25, -0.2) is 4.79 Å². The van der Waals surface area contributed by atoms with E-state index in [0.717, 1.165) is 19.3 Å². The molecule has 3 nitrogen and oxygen atoms in total. The van der Waals surface area contributed by atoms with Crippen LogP contribution in [0, 0.1) is 11.8 Å². The van der Waals surface area contributed by atoms with E-state index < -0.39 is 0 Å². The van der Waals surface area contributed by atoms with Gasteiger partial charge in [0.1, 0.15) is 5.78 Å². The predicted molar refractivity (Wildman–Crippen MR) is 64.3 cm³/mol. The van der Waals surface area contributed by atoms with Crippen LogP contribution in [0.15, 0.2) is 23.8 Å². The number of carbonyl (C=O) groups excluding carboxylic acids is 2. The first-order chi connectivity index (χ1) is 8.20. The standard InChI is InChI=1S/C14H18O3/c1-2-17-14(16)11-5-3-10(4-6-11)12-7-8-13(15)9-12/h3,5-6,10,12H,2,4,7-9H2,1H3/t10?,12-/m0/s1. The van der Waals surface area contributed by atoms with E-state index >= 15 is 0 Å². The summed E-state index contributed by atoms with van der Waals surface area (Å²) >= 11 is 0. The van der Waals surface area contributed by atoms with Gasteiger partial charge in [0.2, 0.25) is 0 Å². The molecule has 3 heteroatoms. The SMILES string of the molecule is CCOC(=O)C1=CCC([C@H]2CCC(=O)C2)C=C1. The maximum absolute atomic E-state index is 11.5. The van der Waals surface area contributed by atoms with Crippen LogP contribution >= 0.6 is 0 Å². The van der Waals surface area contributed by atoms with E-state index in [1.807, 2.05) is 12.2 Å². The van der Waals surface area contributed by atoms with Gasteiger partial charge in [0, 0.05) is 12.8 Å². The van der Waals surface area contributed by atoms with Gasteiger partial charge in [-0.1, -0.05) is 18.2 Å². The summed E-state index contributed by atoms with van der Waals surface area (Å²) in [5.74, 6) is 1.02. The van der Waals surface area contributed by atoms with E-state index in [4.69, 9.17) is 4.74 Å². The summed E-state index contributed by atoms with van der Waals surface area (Å²) in [5, 5.41) is 0. The topological polar surface area (TPSA) is 43.4 Å². The number of esters is 1. The average Bonchev–Trinajstić information content (AvgIpc) is 2.76. The van der Waals surface area contributed by atoms with Crippen molar-refractivity contribution in [2.24, 2.45) is 11.8 Å². The van der Waals surface area contributed by atoms with Crippen LogP contribution in [0.5, 0.6) is 0 Å². The summed E-state index contributed by atoms with van der Waals surface area (Å²) in [4.78, 5) is 22.7. The van der Waals surface area contributed by atoms with Crippen LogP contribution < -0.4 is 0 Å². The molecule has 0 aromatic rings. The number of ether oxygens (including phenoxy) is 1. The maximum atomic E-state index is 11.5. The van der Waals surface area contributed by atoms with Crippen molar-refractivity contribution in [2.45, 2.75) is 32.6 Å². The molecule has 0 bridgehead atoms. The fourth-order valence-electron chi connectivity index (χ4n) is 2.56. The van der Waals surface area contributed by atoms with E-state index in [-0.39, 0.29) is 5.97 Å². The van der Waals surface area contributed by atoms with Crippen molar-refractivity contribution < 1.29 is 14.3 Å². The molecule has 2 aliphatic carbocycles. The summed E-state index contributed by atoms with van der Waals surface area (Å²) < 4.78 is 4.95. The smallest absolute Gasteiger partial charge is 0.337 e. The Kier molecular flexibility index (Phi) is 3.77. The molecule has 2 atom stereocenters. The minimum atomic E-state index is -0.246. The quantitative estimate of drug-likeness (QED) is 0.704. The number of hydrogen-bond donors (Lipinski definition) is 0. The van der Waals surface area contributed by atoms with Crippen molar-refractivity contribution in [1.29, 1.82) is 0 Å². The molecule has 92 valence electrons. The molecule has 1 saturated carbocycles. The molecule has 0 aromatic heterocycles. The second kappa shape index (κ2) is 5.30. The Morgan fingerprint density at radius 2 is 2.35 bits per heavy atom. The van der Waals surface area contributed by atoms with Gasteiger partial charge in [-0.3, -0.25) is 4.79 Å². The molecule has 0 N–H and O–H groups in total. The normalized spacial score (nSPS) is 28.1. The molecule has 0 radical (unpaired) electrons. The Bertz CT molecular complexity index is 379. The zero-order valence-corrected chi connectivity index (χ0v) is 10.1. The predicted octanol–water partition coefficient (Wildman–Crippen LogP) is 2.42. The lowest BCUT2D eigenvalue weighted by Gasteiger charge is -2.21. The largest absolute Gasteiger partial charge is 0.462 e. The first kappa shape index (κ1) is 12.1. The highest BCUT2D eigenvalue weighted by Gasteiger charge is 2.29. The van der Waals surface area contributed by atoms with Gasteiger partial charge in [0.15, 0.2) is 0 Å². The van der Waals surface area contributed by atoms with Crippen molar-refractivity contribution in [2.75, 3.05) is 6.61 Å². The van der Waals surface area contributed by atoms with E-state index in [2.05, 4.69) is 6.08 Å². The van der Waals surface area contributed by atoms with E-state index in [1.54, 1.807) is 6.92 Å². The fourth-order valence-corrected chi connectivity index (χ4v) is 2.56. The molecule has 1 unspecified atom stereocenters. The molecule has 0 heterocycles. The van der Waals surface area contributed by atoms with Gasteiger partial charge in [-0.2, -0.15) is 0 Å². The Hall–Kier alpha value is -1.38. The van der Waals surface area contributed by atoms with Gasteiger partial charge in [-0.05, 0) is 31.6 Å². The lowest BCUT2D eigenvalue weighted by atomic mass is 9.84. The summed E-state index contributed by atoms with van der Waals surface area (Å²) in [6.45, 7) is 2.21. The molecule has 0 saturated heterocycles. The van der Waals surface area contributed by atoms with Crippen LogP contribution in [-0.2, 0) is 14.3 Å². The van der Waals surface area contributed by atoms with Crippen LogP contribution in [0.25, 0.3) is 0 Å². The third-order valence-corrected chi connectivity index (χ3v) is 3.53. The first-order valence-electron chi connectivity index (χ1n) is 6.28. The number of carbonyl (C=O) groups is 2. The highest BCUT2D eigenvalue weighted by Crippen LogP contribution is 2.34. The zero-order valence-electron chi connectivity index (χ0n) is 10.1. The molecule has 0 aromatic carbocycles. The minimum absolute atomic E-state index is 0.246. The molecular weight excluding hydrogens is 216 g/mol. The van der Waals surface area contributed by atoms with E-state index in [0.29, 0.717) is 36.2 Å². The van der Waals surface area contributed by atoms with Crippen molar-refractivity contribution >= 4 is 11.8 Å². The zero-order chi connectivity index (χ0) is 12.3. The summed E-state index contributed by atoms with van der Waals surface area (Å²) in [5.41, 5.74) is 0.646. The van der Waals surface area contributed by atoms with E-state index in [1.165, 1.54) is 0 Å². The lowest BCUT2D eigenvalue weighted by molar-refractivity contribution is -0.138. The summed E-state index contributed by atoms with van der Waals surface area (Å²) in [6.07, 6.45) is 9.12. The van der Waals surface area contributed by atoms with Gasteiger partial charge in [0.05, 0.1) is 12.2 Å². The highest BCUT2D eigenvalue weighted by atomic mass is 16.5. The molecule has 2 rings (SSSR count). The molecule has 17 heavy (non-hydrogen) atoms. The van der Waals surface area contributed by atoms with Crippen molar-refractivity contribution in [3.05, 3.63) is 23.8 Å². The second-order valence-electron chi connectivity index (χ2n) is 4.68. The first-order valence-corrected chi connectivity index (χ1v) is 6.28. The molecule has 1 fully saturated rings. The fraction of sp³-hybridized carbons (Fsp3) is 0.571. The van der Waals surface area contributed by atoms with Crippen LogP contribution in [0.1, 0.15) is 32.6 Å². The molecular formula is C14H18O3. The van der Waals surface area contributed by atoms with Crippen molar-refractivity contribution in [3.8, 4) is 0 Å². The van der Waals surface area contributed by atoms with Crippen LogP contribution in [-0.4, -0.2) is 18.4 Å². The van der Waals surface area contributed by atoms with Crippen LogP contribution in [0.4, 0.5) is 0 Å². The minimum Gasteiger partial charge on any atom is -0.462 e. The molecule has 2 aliphatic rings. The van der Waals surface area contributed by atoms with Crippen LogP contribution in [0.2, 0.25) is 0 Å². The van der Waals surface area contributed by atoms with Gasteiger partial charge in [-0.15, -0.1) is 0 Å². The maximum Gasteiger partial charge on any atom is 0.337 e. The third kappa shape index (κ3) is 2.84. The van der Waals surface area contributed by atoms with Gasteiger partial charge >= 0.3 is 5.97 Å². The average molecular weight is 234 g/mol. The number of Topliss-reactive ketones (excluding diaryl/α,β-unsaturated/α-hetero) is 1. The number of ketones is 1. The Labute approximate surface area is 102 Å². The lowest BCUT2D eigenvalue weighted by Crippen LogP contribution is -2.14. The summed E-state index contributed by atoms with van der Waals surface area (Å²) in [6, 6.07) is 0. The number of hydrogen-bond acceptors (Lipinski definition) is 3. The second-order valence-corrected chi connectivity index (χ2v) is 4.68.